The zero-order chi connectivity index (χ0) is 13.8. The van der Waals surface area contributed by atoms with Gasteiger partial charge in [0.25, 0.3) is 0 Å². The van der Waals surface area contributed by atoms with Crippen molar-refractivity contribution in [2.75, 3.05) is 24.8 Å². The number of nitrogen functional groups attached to an aromatic ring is 1. The largest absolute Gasteiger partial charge is 0.496 e. The lowest BCUT2D eigenvalue weighted by molar-refractivity contribution is 0.409. The Morgan fingerprint density at radius 2 is 2.05 bits per heavy atom. The van der Waals surface area contributed by atoms with Crippen LogP contribution in [0.25, 0.3) is 0 Å². The van der Waals surface area contributed by atoms with Crippen LogP contribution in [0.2, 0.25) is 5.15 Å². The van der Waals surface area contributed by atoms with Crippen LogP contribution in [0.15, 0.2) is 30.3 Å². The van der Waals surface area contributed by atoms with Gasteiger partial charge in [0.2, 0.25) is 5.95 Å². The highest BCUT2D eigenvalue weighted by molar-refractivity contribution is 6.29. The van der Waals surface area contributed by atoms with Crippen LogP contribution in [0, 0.1) is 0 Å². The second-order valence-electron chi connectivity index (χ2n) is 4.07. The normalized spacial score (nSPS) is 10.3. The van der Waals surface area contributed by atoms with Crippen LogP contribution < -0.4 is 15.4 Å². The summed E-state index contributed by atoms with van der Waals surface area (Å²) in [4.78, 5) is 9.92. The monoisotopic (exact) mass is 278 g/mol. The molecule has 0 aliphatic heterocycles. The van der Waals surface area contributed by atoms with Crippen LogP contribution in [0.5, 0.6) is 5.75 Å². The van der Waals surface area contributed by atoms with E-state index in [1.54, 1.807) is 13.2 Å². The average Bonchev–Trinajstić information content (AvgIpc) is 2.38. The molecule has 1 aromatic heterocycles. The van der Waals surface area contributed by atoms with Gasteiger partial charge in [-0.1, -0.05) is 29.8 Å². The molecule has 0 amide bonds. The molecular formula is C13H15ClN4O. The summed E-state index contributed by atoms with van der Waals surface area (Å²) in [5, 5.41) is 0.328. The number of anilines is 2. The van der Waals surface area contributed by atoms with E-state index in [0.717, 1.165) is 11.3 Å². The van der Waals surface area contributed by atoms with E-state index in [9.17, 15) is 0 Å². The van der Waals surface area contributed by atoms with Gasteiger partial charge in [0.05, 0.1) is 7.11 Å². The molecule has 5 nitrogen and oxygen atoms in total. The van der Waals surface area contributed by atoms with Crippen LogP contribution in [0.4, 0.5) is 11.8 Å². The molecular weight excluding hydrogens is 264 g/mol. The van der Waals surface area contributed by atoms with Gasteiger partial charge in [-0.05, 0) is 6.07 Å². The molecule has 19 heavy (non-hydrogen) atoms. The van der Waals surface area contributed by atoms with Gasteiger partial charge >= 0.3 is 0 Å². The fraction of sp³-hybridized carbons (Fsp3) is 0.231. The summed E-state index contributed by atoms with van der Waals surface area (Å²) in [5.41, 5.74) is 6.64. The molecule has 0 saturated carbocycles. The summed E-state index contributed by atoms with van der Waals surface area (Å²) < 4.78 is 5.32. The van der Waals surface area contributed by atoms with Crippen molar-refractivity contribution in [1.29, 1.82) is 0 Å². The second-order valence-corrected chi connectivity index (χ2v) is 4.46. The van der Waals surface area contributed by atoms with Crippen molar-refractivity contribution in [2.24, 2.45) is 0 Å². The van der Waals surface area contributed by atoms with Crippen molar-refractivity contribution >= 4 is 23.4 Å². The minimum atomic E-state index is 0.161. The maximum atomic E-state index is 5.87. The number of hydrogen-bond donors (Lipinski definition) is 1. The molecule has 0 radical (unpaired) electrons. The molecule has 0 spiro atoms. The Morgan fingerprint density at radius 1 is 1.32 bits per heavy atom. The first kappa shape index (κ1) is 13.4. The zero-order valence-corrected chi connectivity index (χ0v) is 11.6. The SMILES string of the molecule is COc1ccccc1CN(C)c1cc(Cl)nc(N)n1. The number of ether oxygens (including phenoxy) is 1. The molecule has 6 heteroatoms. The number of hydrogen-bond acceptors (Lipinski definition) is 5. The predicted octanol–water partition coefficient (Wildman–Crippen LogP) is 2.36. The minimum Gasteiger partial charge on any atom is -0.496 e. The third-order valence-electron chi connectivity index (χ3n) is 2.69. The summed E-state index contributed by atoms with van der Waals surface area (Å²) in [6, 6.07) is 9.49. The number of nitrogens with two attached hydrogens (primary N) is 1. The molecule has 0 unspecified atom stereocenters. The van der Waals surface area contributed by atoms with Gasteiger partial charge in [0, 0.05) is 25.2 Å². The van der Waals surface area contributed by atoms with Crippen molar-refractivity contribution in [3.05, 3.63) is 41.0 Å². The first-order valence-corrected chi connectivity index (χ1v) is 6.11. The van der Waals surface area contributed by atoms with E-state index >= 15 is 0 Å². The van der Waals surface area contributed by atoms with E-state index in [2.05, 4.69) is 9.97 Å². The summed E-state index contributed by atoms with van der Waals surface area (Å²) in [6.45, 7) is 0.636. The van der Waals surface area contributed by atoms with Crippen molar-refractivity contribution in [2.45, 2.75) is 6.54 Å². The lowest BCUT2D eigenvalue weighted by Crippen LogP contribution is -2.19. The lowest BCUT2D eigenvalue weighted by Gasteiger charge is -2.19. The molecule has 1 aromatic carbocycles. The summed E-state index contributed by atoms with van der Waals surface area (Å²) >= 11 is 5.87. The molecule has 2 N–H and O–H groups in total. The summed E-state index contributed by atoms with van der Waals surface area (Å²) in [6.07, 6.45) is 0. The van der Waals surface area contributed by atoms with E-state index < -0.39 is 0 Å². The third kappa shape index (κ3) is 3.26. The molecule has 0 saturated heterocycles. The Balaban J connectivity index is 2.22. The molecule has 2 aromatic rings. The Kier molecular flexibility index (Phi) is 4.06. The topological polar surface area (TPSA) is 64.3 Å². The van der Waals surface area contributed by atoms with Crippen LogP contribution in [0.3, 0.4) is 0 Å². The molecule has 2 rings (SSSR count). The smallest absolute Gasteiger partial charge is 0.223 e. The maximum absolute atomic E-state index is 5.87. The molecule has 0 fully saturated rings. The number of methoxy groups -OCH3 is 1. The van der Waals surface area contributed by atoms with Crippen LogP contribution >= 0.6 is 11.6 Å². The number of aromatic nitrogens is 2. The summed E-state index contributed by atoms with van der Waals surface area (Å²) in [7, 11) is 3.56. The number of para-hydroxylation sites is 1. The van der Waals surface area contributed by atoms with E-state index in [1.165, 1.54) is 0 Å². The molecule has 100 valence electrons. The summed E-state index contributed by atoms with van der Waals surface area (Å²) in [5.74, 6) is 1.67. The first-order chi connectivity index (χ1) is 9.10. The van der Waals surface area contributed by atoms with Crippen LogP contribution in [-0.2, 0) is 6.54 Å². The van der Waals surface area contributed by atoms with Crippen molar-refractivity contribution < 1.29 is 4.74 Å². The quantitative estimate of drug-likeness (QED) is 0.870. The Labute approximate surface area is 117 Å². The average molecular weight is 279 g/mol. The van der Waals surface area contributed by atoms with Crippen molar-refractivity contribution in [3.63, 3.8) is 0 Å². The molecule has 0 aliphatic rings. The van der Waals surface area contributed by atoms with E-state index in [-0.39, 0.29) is 5.95 Å². The van der Waals surface area contributed by atoms with Gasteiger partial charge in [0.15, 0.2) is 0 Å². The highest BCUT2D eigenvalue weighted by Crippen LogP contribution is 2.22. The minimum absolute atomic E-state index is 0.161. The predicted molar refractivity (Wildman–Crippen MR) is 76.6 cm³/mol. The number of rotatable bonds is 4. The standard InChI is InChI=1S/C13H15ClN4O/c1-18(12-7-11(14)16-13(15)17-12)8-9-5-3-4-6-10(9)19-2/h3-7H,8H2,1-2H3,(H2,15,16,17). The van der Waals surface area contributed by atoms with E-state index in [4.69, 9.17) is 22.1 Å². The Hall–Kier alpha value is -2.01. The van der Waals surface area contributed by atoms with Crippen LogP contribution in [-0.4, -0.2) is 24.1 Å². The van der Waals surface area contributed by atoms with Crippen LogP contribution in [0.1, 0.15) is 5.56 Å². The van der Waals surface area contributed by atoms with Gasteiger partial charge < -0.3 is 15.4 Å². The third-order valence-corrected chi connectivity index (χ3v) is 2.88. The van der Waals surface area contributed by atoms with Gasteiger partial charge in [-0.15, -0.1) is 0 Å². The van der Waals surface area contributed by atoms with Gasteiger partial charge in [-0.25, -0.2) is 4.98 Å². The number of benzene rings is 1. The number of nitrogens with zero attached hydrogens (tertiary/aromatic N) is 3. The molecule has 1 heterocycles. The molecule has 0 aliphatic carbocycles. The fourth-order valence-corrected chi connectivity index (χ4v) is 1.97. The van der Waals surface area contributed by atoms with E-state index in [0.29, 0.717) is 17.5 Å². The van der Waals surface area contributed by atoms with Gasteiger partial charge in [-0.3, -0.25) is 0 Å². The van der Waals surface area contributed by atoms with E-state index in [1.807, 2.05) is 36.2 Å². The maximum Gasteiger partial charge on any atom is 0.223 e. The molecule has 0 atom stereocenters. The first-order valence-electron chi connectivity index (χ1n) is 5.73. The Morgan fingerprint density at radius 3 is 2.74 bits per heavy atom. The second kappa shape index (κ2) is 5.75. The van der Waals surface area contributed by atoms with Crippen molar-refractivity contribution in [1.82, 2.24) is 9.97 Å². The molecule has 0 bridgehead atoms. The van der Waals surface area contributed by atoms with Gasteiger partial charge in [-0.2, -0.15) is 4.98 Å². The highest BCUT2D eigenvalue weighted by atomic mass is 35.5. The van der Waals surface area contributed by atoms with Gasteiger partial charge in [0.1, 0.15) is 16.7 Å². The Bertz CT molecular complexity index is 556. The highest BCUT2D eigenvalue weighted by Gasteiger charge is 2.09. The number of halogens is 1. The van der Waals surface area contributed by atoms with Crippen molar-refractivity contribution in [3.8, 4) is 5.75 Å². The fourth-order valence-electron chi connectivity index (χ4n) is 1.79. The zero-order valence-electron chi connectivity index (χ0n) is 10.8. The lowest BCUT2D eigenvalue weighted by atomic mass is 10.2.